The van der Waals surface area contributed by atoms with Gasteiger partial charge in [-0.2, -0.15) is 39.5 Å². The summed E-state index contributed by atoms with van der Waals surface area (Å²) in [4.78, 5) is 4.55. The van der Waals surface area contributed by atoms with Crippen LogP contribution in [0.25, 0.3) is 41.1 Å². The molecule has 5 aromatic rings. The molecule has 4 heterocycles. The van der Waals surface area contributed by atoms with Crippen molar-refractivity contribution in [1.82, 2.24) is 0 Å². The van der Waals surface area contributed by atoms with Crippen molar-refractivity contribution >= 4 is 56.5 Å². The number of hydrogen-bond acceptors (Lipinski definition) is 4. The lowest BCUT2D eigenvalue weighted by Crippen LogP contribution is -2.48. The van der Waals surface area contributed by atoms with Gasteiger partial charge in [0.05, 0.1) is 5.56 Å². The Morgan fingerprint density at radius 2 is 1.14 bits per heavy atom. The first-order valence-corrected chi connectivity index (χ1v) is 18.7. The molecule has 260 valence electrons. The second-order valence-electron chi connectivity index (χ2n) is 12.0. The van der Waals surface area contributed by atoms with Crippen molar-refractivity contribution in [2.75, 3.05) is 0 Å². The number of aryl methyl sites for hydroxylation is 3. The summed E-state index contributed by atoms with van der Waals surface area (Å²) in [5.74, 6) is -16.3. The van der Waals surface area contributed by atoms with Crippen molar-refractivity contribution in [2.45, 2.75) is 76.8 Å². The Hall–Kier alpha value is -2.87. The molecule has 0 N–H and O–H groups in total. The second-order valence-corrected chi connectivity index (χ2v) is 16.7. The molecule has 0 radical (unpaired) electrons. The summed E-state index contributed by atoms with van der Waals surface area (Å²) in [6.45, 7) is 4.88. The lowest BCUT2D eigenvalue weighted by Gasteiger charge is -2.25. The molecule has 0 fully saturated rings. The summed E-state index contributed by atoms with van der Waals surface area (Å²) in [5, 5.41) is 0. The number of thiophene rings is 4. The molecule has 0 amide bonds. The van der Waals surface area contributed by atoms with Crippen molar-refractivity contribution in [3.8, 4) is 29.9 Å². The average molecular weight is 761 g/mol. The van der Waals surface area contributed by atoms with Crippen LogP contribution in [0.2, 0.25) is 0 Å². The Morgan fingerprint density at radius 3 is 1.76 bits per heavy atom. The molecule has 0 spiro atoms. The van der Waals surface area contributed by atoms with Crippen LogP contribution in [0.15, 0.2) is 60.7 Å². The molecule has 13 heteroatoms. The molecule has 0 atom stereocenters. The van der Waals surface area contributed by atoms with E-state index in [0.29, 0.717) is 9.75 Å². The number of rotatable bonds is 10. The molecule has 49 heavy (non-hydrogen) atoms. The van der Waals surface area contributed by atoms with E-state index in [0.717, 1.165) is 82.4 Å². The van der Waals surface area contributed by atoms with Gasteiger partial charge in [-0.1, -0.05) is 38.3 Å². The van der Waals surface area contributed by atoms with Crippen LogP contribution in [0, 0.1) is 13.8 Å². The van der Waals surface area contributed by atoms with Gasteiger partial charge in [-0.3, -0.25) is 0 Å². The average Bonchev–Trinajstić information content (AvgIpc) is 3.85. The third-order valence-corrected chi connectivity index (χ3v) is 13.3. The van der Waals surface area contributed by atoms with Crippen LogP contribution in [0.4, 0.5) is 39.5 Å². The lowest BCUT2D eigenvalue weighted by atomic mass is 9.94. The summed E-state index contributed by atoms with van der Waals surface area (Å²) < 4.78 is 133. The SMILES string of the molecule is CCCCCCc1ccc(-c2ccc(-c3cc(C4=C(c5cc(-c6cccc(C(F)(F)F)c6)sc5C)C(F)(F)C(F)(F)C4(F)F)c(C)s3)s2)s1. The van der Waals surface area contributed by atoms with Crippen LogP contribution in [-0.2, 0) is 12.6 Å². The van der Waals surface area contributed by atoms with Gasteiger partial charge in [0.1, 0.15) is 0 Å². The Balaban J connectivity index is 1.41. The molecule has 0 saturated carbocycles. The summed E-state index contributed by atoms with van der Waals surface area (Å²) >= 11 is 4.87. The van der Waals surface area contributed by atoms with E-state index in [1.165, 1.54) is 48.6 Å². The van der Waals surface area contributed by atoms with Gasteiger partial charge >= 0.3 is 23.9 Å². The molecular formula is C36H29F9S4. The van der Waals surface area contributed by atoms with Crippen molar-refractivity contribution in [3.63, 3.8) is 0 Å². The normalized spacial score (nSPS) is 17.0. The molecular weight excluding hydrogens is 732 g/mol. The first kappa shape index (κ1) is 35.9. The molecule has 4 aromatic heterocycles. The first-order valence-electron chi connectivity index (χ1n) is 15.4. The van der Waals surface area contributed by atoms with E-state index >= 15 is 26.3 Å². The van der Waals surface area contributed by atoms with Crippen LogP contribution in [0.1, 0.15) is 63.9 Å². The molecule has 0 nitrogen and oxygen atoms in total. The molecule has 1 aliphatic rings. The fraction of sp³-hybridized carbons (Fsp3) is 0.333. The monoisotopic (exact) mass is 760 g/mol. The number of halogens is 9. The molecule has 0 unspecified atom stereocenters. The summed E-state index contributed by atoms with van der Waals surface area (Å²) in [7, 11) is 0. The summed E-state index contributed by atoms with van der Waals surface area (Å²) in [5.41, 5.74) is -4.96. The van der Waals surface area contributed by atoms with E-state index in [2.05, 4.69) is 13.0 Å². The number of unbranched alkanes of at least 4 members (excludes halogenated alkanes) is 3. The number of alkyl halides is 9. The maximum atomic E-state index is 15.7. The van der Waals surface area contributed by atoms with Gasteiger partial charge in [-0.15, -0.1) is 45.3 Å². The topological polar surface area (TPSA) is 0 Å². The zero-order valence-corrected chi connectivity index (χ0v) is 29.6. The first-order chi connectivity index (χ1) is 23.0. The van der Waals surface area contributed by atoms with Gasteiger partial charge in [0.25, 0.3) is 0 Å². The minimum Gasteiger partial charge on any atom is -0.194 e. The number of hydrogen-bond donors (Lipinski definition) is 0. The summed E-state index contributed by atoms with van der Waals surface area (Å²) in [6.07, 6.45) is 0.867. The van der Waals surface area contributed by atoms with Crippen molar-refractivity contribution in [2.24, 2.45) is 0 Å². The fourth-order valence-corrected chi connectivity index (χ4v) is 10.3. The van der Waals surface area contributed by atoms with E-state index in [9.17, 15) is 13.2 Å². The highest BCUT2D eigenvalue weighted by atomic mass is 32.1. The van der Waals surface area contributed by atoms with Gasteiger partial charge in [-0.25, -0.2) is 0 Å². The zero-order valence-electron chi connectivity index (χ0n) is 26.3. The quantitative estimate of drug-likeness (QED) is 0.0982. The maximum absolute atomic E-state index is 15.7. The largest absolute Gasteiger partial charge is 0.416 e. The third kappa shape index (κ3) is 6.33. The van der Waals surface area contributed by atoms with Crippen LogP contribution in [0.5, 0.6) is 0 Å². The highest BCUT2D eigenvalue weighted by molar-refractivity contribution is 7.26. The highest BCUT2D eigenvalue weighted by Gasteiger charge is 2.80. The van der Waals surface area contributed by atoms with Crippen LogP contribution in [0.3, 0.4) is 0 Å². The van der Waals surface area contributed by atoms with E-state index in [-0.39, 0.29) is 20.2 Å². The van der Waals surface area contributed by atoms with Gasteiger partial charge in [-0.05, 0) is 91.9 Å². The molecule has 1 aliphatic carbocycles. The van der Waals surface area contributed by atoms with E-state index < -0.39 is 51.8 Å². The second kappa shape index (κ2) is 13.0. The minimum absolute atomic E-state index is 0.00647. The van der Waals surface area contributed by atoms with Gasteiger partial charge in [0, 0.05) is 50.2 Å². The van der Waals surface area contributed by atoms with Gasteiger partial charge in [0.2, 0.25) is 0 Å². The van der Waals surface area contributed by atoms with Crippen LogP contribution < -0.4 is 0 Å². The predicted octanol–water partition coefficient (Wildman–Crippen LogP) is 14.5. The standard InChI is InChI=1S/C36H29F9S4/c1-4-5-6-7-11-23-12-13-26(48-23)27-14-15-28(49-27)30-18-25(20(3)47-30)32-31(33(37,38)36(44,45)34(32,39)40)24-17-29(46-19(24)2)21-9-8-10-22(16-21)35(41,42)43/h8-10,12-18H,4-7,11H2,1-3H3. The molecule has 0 aliphatic heterocycles. The number of allylic oxidation sites excluding steroid dienone is 2. The van der Waals surface area contributed by atoms with Gasteiger partial charge < -0.3 is 0 Å². The third-order valence-electron chi connectivity index (χ3n) is 8.55. The van der Waals surface area contributed by atoms with E-state index in [4.69, 9.17) is 0 Å². The van der Waals surface area contributed by atoms with Gasteiger partial charge in [0.15, 0.2) is 0 Å². The minimum atomic E-state index is -5.76. The Kier molecular flexibility index (Phi) is 9.56. The Bertz CT molecular complexity index is 2020. The summed E-state index contributed by atoms with van der Waals surface area (Å²) in [6, 6.07) is 14.1. The lowest BCUT2D eigenvalue weighted by molar-refractivity contribution is -0.254. The maximum Gasteiger partial charge on any atom is 0.416 e. The smallest absolute Gasteiger partial charge is 0.194 e. The Labute approximate surface area is 293 Å². The molecule has 0 bridgehead atoms. The Morgan fingerprint density at radius 1 is 0.592 bits per heavy atom. The molecule has 1 aromatic carbocycles. The van der Waals surface area contributed by atoms with Crippen molar-refractivity contribution in [3.05, 3.63) is 92.0 Å². The number of benzene rings is 1. The predicted molar refractivity (Wildman–Crippen MR) is 185 cm³/mol. The van der Waals surface area contributed by atoms with Crippen molar-refractivity contribution in [1.29, 1.82) is 0 Å². The molecule has 0 saturated heterocycles. The zero-order chi connectivity index (χ0) is 35.5. The van der Waals surface area contributed by atoms with E-state index in [1.54, 1.807) is 17.4 Å². The fourth-order valence-electron chi connectivity index (χ4n) is 5.98. The highest BCUT2D eigenvalue weighted by Crippen LogP contribution is 2.66. The van der Waals surface area contributed by atoms with E-state index in [1.807, 2.05) is 12.1 Å². The van der Waals surface area contributed by atoms with Crippen molar-refractivity contribution < 1.29 is 39.5 Å². The van der Waals surface area contributed by atoms with Crippen LogP contribution in [-0.4, -0.2) is 17.8 Å². The van der Waals surface area contributed by atoms with Crippen LogP contribution >= 0.6 is 45.3 Å². The molecule has 6 rings (SSSR count).